The summed E-state index contributed by atoms with van der Waals surface area (Å²) >= 11 is 10.6. The quantitative estimate of drug-likeness (QED) is 0.691. The summed E-state index contributed by atoms with van der Waals surface area (Å²) in [4.78, 5) is 7.62. The van der Waals surface area contributed by atoms with Crippen molar-refractivity contribution in [3.63, 3.8) is 0 Å². The molecular formula is C13H12BrN3S2. The highest BCUT2D eigenvalue weighted by Gasteiger charge is 2.12. The van der Waals surface area contributed by atoms with Gasteiger partial charge in [0.25, 0.3) is 0 Å². The highest BCUT2D eigenvalue weighted by Crippen LogP contribution is 2.24. The second kappa shape index (κ2) is 5.19. The monoisotopic (exact) mass is 353 g/mol. The molecule has 0 spiro atoms. The van der Waals surface area contributed by atoms with Crippen molar-refractivity contribution in [3.05, 3.63) is 44.0 Å². The molecule has 3 aromatic rings. The van der Waals surface area contributed by atoms with E-state index in [0.29, 0.717) is 5.92 Å². The number of fused-ring (bicyclic) bond motifs is 1. The fourth-order valence-electron chi connectivity index (χ4n) is 2.15. The largest absolute Gasteiger partial charge is 0.331 e. The van der Waals surface area contributed by atoms with E-state index in [2.05, 4.69) is 49.5 Å². The first-order valence-electron chi connectivity index (χ1n) is 5.92. The molecule has 2 heterocycles. The number of hydrogen-bond acceptors (Lipinski definition) is 3. The molecule has 0 aliphatic carbocycles. The average molecular weight is 354 g/mol. The van der Waals surface area contributed by atoms with Crippen LogP contribution in [0.5, 0.6) is 0 Å². The lowest BCUT2D eigenvalue weighted by molar-refractivity contribution is 0.602. The molecule has 98 valence electrons. The van der Waals surface area contributed by atoms with Crippen molar-refractivity contribution in [1.29, 1.82) is 0 Å². The Morgan fingerprint density at radius 3 is 3.11 bits per heavy atom. The van der Waals surface area contributed by atoms with E-state index in [-0.39, 0.29) is 0 Å². The van der Waals surface area contributed by atoms with E-state index in [1.54, 1.807) is 11.3 Å². The molecule has 1 N–H and O–H groups in total. The molecular weight excluding hydrogens is 342 g/mol. The molecule has 0 radical (unpaired) electrons. The summed E-state index contributed by atoms with van der Waals surface area (Å²) in [5.74, 6) is 0.356. The van der Waals surface area contributed by atoms with Crippen molar-refractivity contribution in [2.75, 3.05) is 0 Å². The van der Waals surface area contributed by atoms with Gasteiger partial charge < -0.3 is 9.55 Å². The Labute approximate surface area is 128 Å². The first-order chi connectivity index (χ1) is 9.15. The zero-order chi connectivity index (χ0) is 13.4. The first-order valence-corrected chi connectivity index (χ1v) is 8.00. The Bertz CT molecular complexity index is 758. The van der Waals surface area contributed by atoms with Crippen molar-refractivity contribution in [1.82, 2.24) is 14.5 Å². The van der Waals surface area contributed by atoms with Crippen LogP contribution in [-0.4, -0.2) is 14.5 Å². The summed E-state index contributed by atoms with van der Waals surface area (Å²) in [7, 11) is 0. The number of thiazole rings is 1. The molecule has 0 bridgehead atoms. The second-order valence-electron chi connectivity index (χ2n) is 4.47. The van der Waals surface area contributed by atoms with Gasteiger partial charge in [0.05, 0.1) is 16.0 Å². The van der Waals surface area contributed by atoms with Crippen LogP contribution in [0.3, 0.4) is 0 Å². The van der Waals surface area contributed by atoms with Crippen molar-refractivity contribution < 1.29 is 0 Å². The third-order valence-electron chi connectivity index (χ3n) is 3.07. The number of rotatable bonds is 3. The summed E-state index contributed by atoms with van der Waals surface area (Å²) in [6.45, 7) is 3.02. The van der Waals surface area contributed by atoms with E-state index in [1.807, 2.05) is 17.6 Å². The van der Waals surface area contributed by atoms with Crippen LogP contribution in [0, 0.1) is 4.77 Å². The maximum absolute atomic E-state index is 5.42. The van der Waals surface area contributed by atoms with Gasteiger partial charge in [-0.25, -0.2) is 4.98 Å². The highest BCUT2D eigenvalue weighted by molar-refractivity contribution is 9.10. The second-order valence-corrected chi connectivity index (χ2v) is 6.70. The minimum Gasteiger partial charge on any atom is -0.331 e. The van der Waals surface area contributed by atoms with Gasteiger partial charge in [-0.3, -0.25) is 0 Å². The summed E-state index contributed by atoms with van der Waals surface area (Å²) in [5.41, 5.74) is 2.20. The maximum atomic E-state index is 5.42. The van der Waals surface area contributed by atoms with Gasteiger partial charge >= 0.3 is 0 Å². The summed E-state index contributed by atoms with van der Waals surface area (Å²) in [5, 5.41) is 3.16. The number of H-pyrrole nitrogens is 1. The molecule has 3 rings (SSSR count). The minimum absolute atomic E-state index is 0.356. The minimum atomic E-state index is 0.356. The van der Waals surface area contributed by atoms with Gasteiger partial charge in [0.1, 0.15) is 0 Å². The molecule has 0 aliphatic heterocycles. The fraction of sp³-hybridized carbons (Fsp3) is 0.231. The van der Waals surface area contributed by atoms with E-state index >= 15 is 0 Å². The predicted molar refractivity (Wildman–Crippen MR) is 85.4 cm³/mol. The number of imidazole rings is 1. The third-order valence-corrected chi connectivity index (χ3v) is 4.89. The van der Waals surface area contributed by atoms with E-state index in [1.165, 1.54) is 0 Å². The smallest absolute Gasteiger partial charge is 0.178 e. The molecule has 2 aromatic heterocycles. The van der Waals surface area contributed by atoms with Gasteiger partial charge in [0.15, 0.2) is 4.77 Å². The van der Waals surface area contributed by atoms with Crippen LogP contribution < -0.4 is 0 Å². The third kappa shape index (κ3) is 2.52. The number of aromatic amines is 1. The molecule has 1 atom stereocenters. The fourth-order valence-corrected chi connectivity index (χ4v) is 3.48. The topological polar surface area (TPSA) is 33.6 Å². The summed E-state index contributed by atoms with van der Waals surface area (Å²) in [6.07, 6.45) is 1.85. The van der Waals surface area contributed by atoms with E-state index < -0.39 is 0 Å². The van der Waals surface area contributed by atoms with Gasteiger partial charge in [0.2, 0.25) is 0 Å². The summed E-state index contributed by atoms with van der Waals surface area (Å²) < 4.78 is 3.95. The van der Waals surface area contributed by atoms with Gasteiger partial charge in [-0.1, -0.05) is 22.9 Å². The van der Waals surface area contributed by atoms with E-state index in [0.717, 1.165) is 31.8 Å². The Morgan fingerprint density at radius 1 is 1.53 bits per heavy atom. The molecule has 19 heavy (non-hydrogen) atoms. The van der Waals surface area contributed by atoms with Crippen molar-refractivity contribution in [3.8, 4) is 0 Å². The standard InChI is InChI=1S/C13H12BrN3S2/c1-8(12-15-4-5-19-12)7-17-11-3-2-9(14)6-10(11)16-13(17)18/h2-6,8H,7H2,1H3,(H,16,18). The molecule has 0 fully saturated rings. The Morgan fingerprint density at radius 2 is 2.37 bits per heavy atom. The Kier molecular flexibility index (Phi) is 3.56. The maximum Gasteiger partial charge on any atom is 0.178 e. The van der Waals surface area contributed by atoms with E-state index in [4.69, 9.17) is 12.2 Å². The summed E-state index contributed by atoms with van der Waals surface area (Å²) in [6, 6.07) is 6.17. The van der Waals surface area contributed by atoms with Gasteiger partial charge in [-0.05, 0) is 30.4 Å². The van der Waals surface area contributed by atoms with Crippen LogP contribution in [0.4, 0.5) is 0 Å². The number of aromatic nitrogens is 3. The zero-order valence-electron chi connectivity index (χ0n) is 10.3. The highest BCUT2D eigenvalue weighted by atomic mass is 79.9. The number of halogens is 1. The normalized spacial score (nSPS) is 12.9. The van der Waals surface area contributed by atoms with E-state index in [9.17, 15) is 0 Å². The predicted octanol–water partition coefficient (Wildman–Crippen LogP) is 4.72. The molecule has 6 heteroatoms. The van der Waals surface area contributed by atoms with Crippen molar-refractivity contribution >= 4 is 50.5 Å². The Balaban J connectivity index is 2.01. The molecule has 3 nitrogen and oxygen atoms in total. The zero-order valence-corrected chi connectivity index (χ0v) is 13.5. The molecule has 1 aromatic carbocycles. The van der Waals surface area contributed by atoms with Crippen LogP contribution in [0.2, 0.25) is 0 Å². The molecule has 0 saturated heterocycles. The van der Waals surface area contributed by atoms with Crippen LogP contribution in [0.1, 0.15) is 17.8 Å². The lowest BCUT2D eigenvalue weighted by atomic mass is 10.2. The van der Waals surface area contributed by atoms with Crippen molar-refractivity contribution in [2.45, 2.75) is 19.4 Å². The number of hydrogen-bond donors (Lipinski definition) is 1. The molecule has 0 aliphatic rings. The first kappa shape index (κ1) is 13.0. The van der Waals surface area contributed by atoms with Gasteiger partial charge in [-0.15, -0.1) is 11.3 Å². The van der Waals surface area contributed by atoms with Crippen LogP contribution >= 0.6 is 39.5 Å². The molecule has 1 unspecified atom stereocenters. The number of nitrogens with zero attached hydrogens (tertiary/aromatic N) is 2. The molecule has 0 saturated carbocycles. The van der Waals surface area contributed by atoms with Crippen LogP contribution in [0.25, 0.3) is 11.0 Å². The number of nitrogens with one attached hydrogen (secondary N) is 1. The average Bonchev–Trinajstić information content (AvgIpc) is 2.98. The number of benzene rings is 1. The lowest BCUT2D eigenvalue weighted by Crippen LogP contribution is -2.06. The van der Waals surface area contributed by atoms with Crippen LogP contribution in [-0.2, 0) is 6.54 Å². The van der Waals surface area contributed by atoms with Gasteiger partial charge in [0, 0.05) is 28.5 Å². The Hall–Kier alpha value is -0.980. The SMILES string of the molecule is CC(Cn1c(=S)[nH]c2cc(Br)ccc21)c1nccs1. The van der Waals surface area contributed by atoms with Gasteiger partial charge in [-0.2, -0.15) is 0 Å². The van der Waals surface area contributed by atoms with Crippen molar-refractivity contribution in [2.24, 2.45) is 0 Å². The molecule has 0 amide bonds. The van der Waals surface area contributed by atoms with Crippen LogP contribution in [0.15, 0.2) is 34.2 Å². The lowest BCUT2D eigenvalue weighted by Gasteiger charge is -2.10.